The molecular formula is C22H37NO2. The molecule has 0 saturated heterocycles. The van der Waals surface area contributed by atoms with E-state index in [1.807, 2.05) is 24.3 Å². The largest absolute Gasteiger partial charge is 0.392 e. The van der Waals surface area contributed by atoms with Crippen molar-refractivity contribution in [3.05, 3.63) is 29.8 Å². The molecule has 0 aliphatic rings. The molecule has 3 heteroatoms. The van der Waals surface area contributed by atoms with E-state index in [0.717, 1.165) is 30.6 Å². The first-order chi connectivity index (χ1) is 12.3. The van der Waals surface area contributed by atoms with Crippen LogP contribution in [0.3, 0.4) is 0 Å². The third-order valence-electron chi connectivity index (χ3n) is 4.85. The van der Waals surface area contributed by atoms with Gasteiger partial charge in [-0.15, -0.1) is 0 Å². The van der Waals surface area contributed by atoms with Crippen molar-refractivity contribution in [2.75, 3.05) is 11.4 Å². The number of aliphatic hydroxyl groups excluding tert-OH is 1. The summed E-state index contributed by atoms with van der Waals surface area (Å²) in [5.41, 5.74) is 1.65. The van der Waals surface area contributed by atoms with Crippen molar-refractivity contribution in [2.24, 2.45) is 0 Å². The van der Waals surface area contributed by atoms with Gasteiger partial charge >= 0.3 is 0 Å². The smallest absolute Gasteiger partial charge is 0.214 e. The van der Waals surface area contributed by atoms with Gasteiger partial charge < -0.3 is 10.0 Å². The van der Waals surface area contributed by atoms with Gasteiger partial charge in [-0.25, -0.2) is 0 Å². The Morgan fingerprint density at radius 2 is 1.36 bits per heavy atom. The number of carbonyl (C=O) groups is 1. The highest BCUT2D eigenvalue weighted by molar-refractivity contribution is 5.76. The van der Waals surface area contributed by atoms with E-state index in [-0.39, 0.29) is 6.61 Å². The molecular weight excluding hydrogens is 310 g/mol. The Morgan fingerprint density at radius 3 is 1.88 bits per heavy atom. The summed E-state index contributed by atoms with van der Waals surface area (Å²) in [6, 6.07) is 7.57. The number of aliphatic hydroxyl groups is 1. The Morgan fingerprint density at radius 1 is 0.840 bits per heavy atom. The summed E-state index contributed by atoms with van der Waals surface area (Å²) < 4.78 is 0. The number of hydrogen-bond acceptors (Lipinski definition) is 2. The molecule has 1 N–H and O–H groups in total. The standard InChI is InChI=1S/C22H37NO2/c1-2-3-4-5-6-7-8-9-10-11-12-15-18-23(20-25)22-17-14-13-16-21(22)19-24/h13-14,16-17,20,24H,2-12,15,18-19H2,1H3. The Kier molecular flexibility index (Phi) is 13.0. The molecule has 1 aromatic carbocycles. The first kappa shape index (κ1) is 21.7. The van der Waals surface area contributed by atoms with Gasteiger partial charge in [0.05, 0.1) is 6.61 Å². The molecule has 0 aliphatic carbocycles. The number of benzene rings is 1. The third kappa shape index (κ3) is 9.64. The molecule has 0 bridgehead atoms. The van der Waals surface area contributed by atoms with E-state index in [0.29, 0.717) is 0 Å². The predicted octanol–water partition coefficient (Wildman–Crippen LogP) is 5.84. The lowest BCUT2D eigenvalue weighted by atomic mass is 10.1. The normalized spacial score (nSPS) is 10.8. The van der Waals surface area contributed by atoms with E-state index in [2.05, 4.69) is 6.92 Å². The summed E-state index contributed by atoms with van der Waals surface area (Å²) in [5, 5.41) is 9.39. The summed E-state index contributed by atoms with van der Waals surface area (Å²) in [5.74, 6) is 0. The van der Waals surface area contributed by atoms with Crippen LogP contribution in [0.25, 0.3) is 0 Å². The fraction of sp³-hybridized carbons (Fsp3) is 0.682. The van der Waals surface area contributed by atoms with Crippen LogP contribution in [0.15, 0.2) is 24.3 Å². The van der Waals surface area contributed by atoms with Gasteiger partial charge in [0.1, 0.15) is 0 Å². The number of rotatable bonds is 16. The molecule has 0 aromatic heterocycles. The molecule has 1 aromatic rings. The zero-order valence-electron chi connectivity index (χ0n) is 16.1. The van der Waals surface area contributed by atoms with Crippen molar-refractivity contribution in [3.8, 4) is 0 Å². The van der Waals surface area contributed by atoms with E-state index >= 15 is 0 Å². The maximum Gasteiger partial charge on any atom is 0.214 e. The van der Waals surface area contributed by atoms with E-state index in [9.17, 15) is 9.90 Å². The molecule has 0 spiro atoms. The summed E-state index contributed by atoms with van der Waals surface area (Å²) in [6.45, 7) is 2.97. The Labute approximate surface area is 154 Å². The molecule has 0 unspecified atom stereocenters. The van der Waals surface area contributed by atoms with Crippen LogP contribution in [0, 0.1) is 0 Å². The lowest BCUT2D eigenvalue weighted by molar-refractivity contribution is -0.107. The molecule has 3 nitrogen and oxygen atoms in total. The zero-order chi connectivity index (χ0) is 18.2. The van der Waals surface area contributed by atoms with Crippen LogP contribution >= 0.6 is 0 Å². The SMILES string of the molecule is CCCCCCCCCCCCCCN(C=O)c1ccccc1CO. The van der Waals surface area contributed by atoms with Crippen LogP contribution in [0.5, 0.6) is 0 Å². The van der Waals surface area contributed by atoms with Crippen LogP contribution in [0.2, 0.25) is 0 Å². The van der Waals surface area contributed by atoms with Gasteiger partial charge in [-0.3, -0.25) is 4.79 Å². The fourth-order valence-corrected chi connectivity index (χ4v) is 3.28. The van der Waals surface area contributed by atoms with Crippen molar-refractivity contribution in [2.45, 2.75) is 90.6 Å². The second kappa shape index (κ2) is 14.9. The highest BCUT2D eigenvalue weighted by Crippen LogP contribution is 2.20. The number of hydrogen-bond donors (Lipinski definition) is 1. The minimum atomic E-state index is -0.0288. The minimum absolute atomic E-state index is 0.0288. The molecule has 0 saturated carbocycles. The van der Waals surface area contributed by atoms with Gasteiger partial charge in [-0.1, -0.05) is 95.8 Å². The minimum Gasteiger partial charge on any atom is -0.392 e. The van der Waals surface area contributed by atoms with Gasteiger partial charge in [-0.2, -0.15) is 0 Å². The molecule has 1 amide bonds. The molecule has 0 heterocycles. The van der Waals surface area contributed by atoms with Crippen molar-refractivity contribution < 1.29 is 9.90 Å². The lowest BCUT2D eigenvalue weighted by Gasteiger charge is -2.20. The van der Waals surface area contributed by atoms with Gasteiger partial charge in [0.15, 0.2) is 0 Å². The second-order valence-electron chi connectivity index (χ2n) is 6.97. The van der Waals surface area contributed by atoms with Crippen molar-refractivity contribution in [3.63, 3.8) is 0 Å². The zero-order valence-corrected chi connectivity index (χ0v) is 16.1. The second-order valence-corrected chi connectivity index (χ2v) is 6.97. The first-order valence-corrected chi connectivity index (χ1v) is 10.2. The van der Waals surface area contributed by atoms with E-state index in [1.165, 1.54) is 70.6 Å². The number of nitrogens with zero attached hydrogens (tertiary/aromatic N) is 1. The summed E-state index contributed by atoms with van der Waals surface area (Å²) in [7, 11) is 0. The number of anilines is 1. The molecule has 142 valence electrons. The summed E-state index contributed by atoms with van der Waals surface area (Å²) >= 11 is 0. The monoisotopic (exact) mass is 347 g/mol. The molecule has 1 rings (SSSR count). The predicted molar refractivity (Wildman–Crippen MR) is 107 cm³/mol. The molecule has 0 atom stereocenters. The quantitative estimate of drug-likeness (QED) is 0.301. The Balaban J connectivity index is 2.05. The van der Waals surface area contributed by atoms with Gasteiger partial charge in [-0.05, 0) is 12.5 Å². The average molecular weight is 348 g/mol. The topological polar surface area (TPSA) is 40.5 Å². The molecule has 0 fully saturated rings. The van der Waals surface area contributed by atoms with Crippen LogP contribution in [-0.4, -0.2) is 18.1 Å². The van der Waals surface area contributed by atoms with Crippen molar-refractivity contribution >= 4 is 12.1 Å². The highest BCUT2D eigenvalue weighted by atomic mass is 16.3. The lowest BCUT2D eigenvalue weighted by Crippen LogP contribution is -2.23. The maximum atomic E-state index is 11.4. The van der Waals surface area contributed by atoms with Gasteiger partial charge in [0, 0.05) is 17.8 Å². The summed E-state index contributed by atoms with van der Waals surface area (Å²) in [6.07, 6.45) is 16.7. The highest BCUT2D eigenvalue weighted by Gasteiger charge is 2.08. The summed E-state index contributed by atoms with van der Waals surface area (Å²) in [4.78, 5) is 13.1. The Hall–Kier alpha value is -1.35. The number of para-hydroxylation sites is 1. The Bertz CT molecular complexity index is 447. The molecule has 0 radical (unpaired) electrons. The fourth-order valence-electron chi connectivity index (χ4n) is 3.28. The molecule has 25 heavy (non-hydrogen) atoms. The van der Waals surface area contributed by atoms with E-state index < -0.39 is 0 Å². The maximum absolute atomic E-state index is 11.4. The van der Waals surface area contributed by atoms with Crippen LogP contribution in [0.4, 0.5) is 5.69 Å². The van der Waals surface area contributed by atoms with Crippen LogP contribution in [0.1, 0.15) is 89.5 Å². The third-order valence-corrected chi connectivity index (χ3v) is 4.85. The number of unbranched alkanes of at least 4 members (excludes halogenated alkanes) is 11. The number of carbonyl (C=O) groups excluding carboxylic acids is 1. The van der Waals surface area contributed by atoms with Crippen LogP contribution < -0.4 is 4.90 Å². The van der Waals surface area contributed by atoms with Crippen LogP contribution in [-0.2, 0) is 11.4 Å². The van der Waals surface area contributed by atoms with Gasteiger partial charge in [0.2, 0.25) is 6.41 Å². The van der Waals surface area contributed by atoms with Crippen molar-refractivity contribution in [1.29, 1.82) is 0 Å². The van der Waals surface area contributed by atoms with Crippen molar-refractivity contribution in [1.82, 2.24) is 0 Å². The van der Waals surface area contributed by atoms with E-state index in [4.69, 9.17) is 0 Å². The van der Waals surface area contributed by atoms with Gasteiger partial charge in [0.25, 0.3) is 0 Å². The van der Waals surface area contributed by atoms with E-state index in [1.54, 1.807) is 4.90 Å². The average Bonchev–Trinajstić information content (AvgIpc) is 2.66. The molecule has 0 aliphatic heterocycles. The first-order valence-electron chi connectivity index (χ1n) is 10.2. The number of amides is 1.